The fourth-order valence-corrected chi connectivity index (χ4v) is 4.32. The summed E-state index contributed by atoms with van der Waals surface area (Å²) >= 11 is 0. The van der Waals surface area contributed by atoms with Crippen molar-refractivity contribution in [3.8, 4) is 5.75 Å². The molecule has 2 aliphatic rings. The van der Waals surface area contributed by atoms with Gasteiger partial charge in [0.15, 0.2) is 5.96 Å². The van der Waals surface area contributed by atoms with E-state index in [2.05, 4.69) is 17.0 Å². The van der Waals surface area contributed by atoms with Crippen LogP contribution in [0.15, 0.2) is 48.5 Å². The third kappa shape index (κ3) is 6.01. The van der Waals surface area contributed by atoms with Crippen molar-refractivity contribution in [2.45, 2.75) is 32.4 Å². The first-order valence-corrected chi connectivity index (χ1v) is 11.3. The highest BCUT2D eigenvalue weighted by Gasteiger charge is 2.22. The van der Waals surface area contributed by atoms with Crippen molar-refractivity contribution in [2.24, 2.45) is 11.7 Å². The number of nitrogens with zero attached hydrogens (tertiary/aromatic N) is 2. The highest BCUT2D eigenvalue weighted by Crippen LogP contribution is 2.25. The summed E-state index contributed by atoms with van der Waals surface area (Å²) < 4.78 is 11.5. The summed E-state index contributed by atoms with van der Waals surface area (Å²) in [7, 11) is 0. The van der Waals surface area contributed by atoms with Crippen LogP contribution in [0.25, 0.3) is 0 Å². The van der Waals surface area contributed by atoms with Crippen molar-refractivity contribution in [2.75, 3.05) is 32.8 Å². The molecule has 7 nitrogen and oxygen atoms in total. The highest BCUT2D eigenvalue weighted by molar-refractivity contribution is 5.75. The van der Waals surface area contributed by atoms with Gasteiger partial charge in [0.1, 0.15) is 12.4 Å². The van der Waals surface area contributed by atoms with E-state index in [1.54, 1.807) is 0 Å². The molecular formula is C25H32N4O3. The first-order chi connectivity index (χ1) is 15.6. The average molecular weight is 437 g/mol. The van der Waals surface area contributed by atoms with E-state index in [0.29, 0.717) is 32.2 Å². The van der Waals surface area contributed by atoms with Crippen molar-refractivity contribution in [1.29, 1.82) is 5.41 Å². The molecule has 1 saturated heterocycles. The standard InChI is InChI=1S/C25H32N4O3/c26-25(27)29-13-10-21-6-7-23(14-22(21)15-29)31-17-20-8-11-28(12-9-20)16-24(30)32-18-19-4-2-1-3-5-19/h1-7,14,20H,8-13,15-18H2,(H3,26,27). The molecule has 0 amide bonds. The van der Waals surface area contributed by atoms with E-state index in [1.165, 1.54) is 11.1 Å². The summed E-state index contributed by atoms with van der Waals surface area (Å²) in [5.74, 6) is 1.31. The van der Waals surface area contributed by atoms with Crippen LogP contribution in [0, 0.1) is 11.3 Å². The molecule has 1 fully saturated rings. The normalized spacial score (nSPS) is 16.9. The van der Waals surface area contributed by atoms with Crippen molar-refractivity contribution in [3.05, 3.63) is 65.2 Å². The molecule has 0 aliphatic carbocycles. The number of piperidine rings is 1. The van der Waals surface area contributed by atoms with Crippen LogP contribution in [0.2, 0.25) is 0 Å². The van der Waals surface area contributed by atoms with Gasteiger partial charge in [0.25, 0.3) is 0 Å². The number of esters is 1. The van der Waals surface area contributed by atoms with Crippen LogP contribution in [0.3, 0.4) is 0 Å². The van der Waals surface area contributed by atoms with Crippen molar-refractivity contribution in [3.63, 3.8) is 0 Å². The maximum atomic E-state index is 12.1. The largest absolute Gasteiger partial charge is 0.493 e. The van der Waals surface area contributed by atoms with Gasteiger partial charge in [0, 0.05) is 13.1 Å². The molecule has 2 aromatic carbocycles. The number of fused-ring (bicyclic) bond motifs is 1. The zero-order valence-corrected chi connectivity index (χ0v) is 18.5. The number of rotatable bonds is 7. The summed E-state index contributed by atoms with van der Waals surface area (Å²) in [6.45, 7) is 4.58. The molecule has 0 radical (unpaired) electrons. The predicted molar refractivity (Wildman–Crippen MR) is 123 cm³/mol. The minimum atomic E-state index is -0.169. The maximum Gasteiger partial charge on any atom is 0.320 e. The molecule has 0 atom stereocenters. The van der Waals surface area contributed by atoms with Gasteiger partial charge in [-0.2, -0.15) is 0 Å². The number of nitrogens with one attached hydrogen (secondary N) is 1. The SMILES string of the molecule is N=C(N)N1CCc2ccc(OCC3CCN(CC(=O)OCc4ccccc4)CC3)cc2C1. The van der Waals surface area contributed by atoms with Gasteiger partial charge >= 0.3 is 5.97 Å². The molecule has 170 valence electrons. The van der Waals surface area contributed by atoms with Gasteiger partial charge in [0.2, 0.25) is 0 Å². The number of guanidine groups is 1. The Kier molecular flexibility index (Phi) is 7.27. The summed E-state index contributed by atoms with van der Waals surface area (Å²) in [5, 5.41) is 7.66. The number of nitrogens with two attached hydrogens (primary N) is 1. The lowest BCUT2D eigenvalue weighted by Crippen LogP contribution is -2.40. The predicted octanol–water partition coefficient (Wildman–Crippen LogP) is 2.77. The molecule has 3 N–H and O–H groups in total. The number of ether oxygens (including phenoxy) is 2. The lowest BCUT2D eigenvalue weighted by Gasteiger charge is -2.31. The minimum absolute atomic E-state index is 0.123. The van der Waals surface area contributed by atoms with Crippen LogP contribution in [0.1, 0.15) is 29.5 Å². The van der Waals surface area contributed by atoms with Gasteiger partial charge in [-0.3, -0.25) is 15.1 Å². The monoisotopic (exact) mass is 436 g/mol. The summed E-state index contributed by atoms with van der Waals surface area (Å²) in [5.41, 5.74) is 9.15. The van der Waals surface area contributed by atoms with Gasteiger partial charge < -0.3 is 20.1 Å². The molecule has 0 saturated carbocycles. The smallest absolute Gasteiger partial charge is 0.320 e. The second-order valence-corrected chi connectivity index (χ2v) is 8.66. The lowest BCUT2D eigenvalue weighted by molar-refractivity contribution is -0.146. The number of hydrogen-bond donors (Lipinski definition) is 2. The first-order valence-electron chi connectivity index (χ1n) is 11.3. The van der Waals surface area contributed by atoms with E-state index in [0.717, 1.165) is 50.2 Å². The van der Waals surface area contributed by atoms with Gasteiger partial charge in [-0.15, -0.1) is 0 Å². The number of carbonyl (C=O) groups is 1. The molecular weight excluding hydrogens is 404 g/mol. The zero-order chi connectivity index (χ0) is 22.3. The Morgan fingerprint density at radius 1 is 1.06 bits per heavy atom. The van der Waals surface area contributed by atoms with E-state index in [4.69, 9.17) is 20.6 Å². The second kappa shape index (κ2) is 10.5. The number of likely N-dealkylation sites (tertiary alicyclic amines) is 1. The number of carbonyl (C=O) groups excluding carboxylic acids is 1. The molecule has 2 aliphatic heterocycles. The number of hydrogen-bond acceptors (Lipinski definition) is 5. The Bertz CT molecular complexity index is 926. The third-order valence-corrected chi connectivity index (χ3v) is 6.32. The molecule has 2 aromatic rings. The maximum absolute atomic E-state index is 12.1. The lowest BCUT2D eigenvalue weighted by atomic mass is 9.97. The average Bonchev–Trinajstić information content (AvgIpc) is 2.82. The Hall–Kier alpha value is -3.06. The van der Waals surface area contributed by atoms with Crippen molar-refractivity contribution < 1.29 is 14.3 Å². The molecule has 4 rings (SSSR count). The molecule has 0 spiro atoms. The van der Waals surface area contributed by atoms with E-state index < -0.39 is 0 Å². The van der Waals surface area contributed by atoms with Crippen LogP contribution < -0.4 is 10.5 Å². The van der Waals surface area contributed by atoms with E-state index in [-0.39, 0.29) is 11.9 Å². The number of benzene rings is 2. The van der Waals surface area contributed by atoms with Crippen LogP contribution in [0.5, 0.6) is 5.75 Å². The second-order valence-electron chi connectivity index (χ2n) is 8.66. The molecule has 0 unspecified atom stereocenters. The van der Waals surface area contributed by atoms with Crippen LogP contribution in [0.4, 0.5) is 0 Å². The minimum Gasteiger partial charge on any atom is -0.493 e. The fraction of sp³-hybridized carbons (Fsp3) is 0.440. The molecule has 0 bridgehead atoms. The van der Waals surface area contributed by atoms with Gasteiger partial charge in [-0.1, -0.05) is 36.4 Å². The molecule has 0 aromatic heterocycles. The van der Waals surface area contributed by atoms with Gasteiger partial charge in [0.05, 0.1) is 13.2 Å². The van der Waals surface area contributed by atoms with E-state index in [1.807, 2.05) is 41.3 Å². The van der Waals surface area contributed by atoms with Crippen LogP contribution >= 0.6 is 0 Å². The Morgan fingerprint density at radius 3 is 2.59 bits per heavy atom. The quantitative estimate of drug-likeness (QED) is 0.394. The molecule has 2 heterocycles. The van der Waals surface area contributed by atoms with E-state index >= 15 is 0 Å². The Morgan fingerprint density at radius 2 is 1.84 bits per heavy atom. The first kappa shape index (κ1) is 22.1. The molecule has 7 heteroatoms. The van der Waals surface area contributed by atoms with Crippen LogP contribution in [-0.4, -0.2) is 54.5 Å². The third-order valence-electron chi connectivity index (χ3n) is 6.32. The van der Waals surface area contributed by atoms with E-state index in [9.17, 15) is 4.79 Å². The zero-order valence-electron chi connectivity index (χ0n) is 18.5. The summed E-state index contributed by atoms with van der Waals surface area (Å²) in [6, 6.07) is 16.0. The van der Waals surface area contributed by atoms with Crippen molar-refractivity contribution >= 4 is 11.9 Å². The van der Waals surface area contributed by atoms with Gasteiger partial charge in [-0.05, 0) is 67.1 Å². The van der Waals surface area contributed by atoms with Crippen molar-refractivity contribution in [1.82, 2.24) is 9.80 Å². The topological polar surface area (TPSA) is 91.9 Å². The Balaban J connectivity index is 1.17. The molecule has 32 heavy (non-hydrogen) atoms. The highest BCUT2D eigenvalue weighted by atomic mass is 16.5. The van der Waals surface area contributed by atoms with Crippen LogP contribution in [-0.2, 0) is 29.1 Å². The van der Waals surface area contributed by atoms with Gasteiger partial charge in [-0.25, -0.2) is 0 Å². The summed E-state index contributed by atoms with van der Waals surface area (Å²) in [6.07, 6.45) is 2.92. The Labute approximate surface area is 189 Å². The fourth-order valence-electron chi connectivity index (χ4n) is 4.32. The summed E-state index contributed by atoms with van der Waals surface area (Å²) in [4.78, 5) is 16.2.